The smallest absolute Gasteiger partial charge is 0.346 e. The number of ether oxygens (including phenoxy) is 1. The molecule has 136 valence electrons. The SMILES string of the molecule is C=CCN(CCCOCC)C(=O)n1cnc(S(=O)(=O)CCCC)n1. The van der Waals surface area contributed by atoms with E-state index in [0.717, 1.165) is 17.4 Å². The Bertz CT molecular complexity index is 627. The molecule has 0 aromatic carbocycles. The molecule has 0 saturated carbocycles. The molecule has 0 saturated heterocycles. The standard InChI is InChI=1S/C15H26N4O4S/c1-4-7-12-24(21,22)14-16-13-19(17-14)15(20)18(9-5-2)10-8-11-23-6-3/h5,13H,2,4,6-12H2,1,3H3. The first-order chi connectivity index (χ1) is 11.5. The molecule has 0 fully saturated rings. The Morgan fingerprint density at radius 3 is 2.79 bits per heavy atom. The van der Waals surface area contributed by atoms with Gasteiger partial charge in [-0.2, -0.15) is 4.68 Å². The molecule has 0 bridgehead atoms. The molecule has 0 spiro atoms. The van der Waals surface area contributed by atoms with Crippen LogP contribution in [0.15, 0.2) is 24.1 Å². The maximum absolute atomic E-state index is 12.5. The van der Waals surface area contributed by atoms with E-state index in [1.807, 2.05) is 13.8 Å². The lowest BCUT2D eigenvalue weighted by atomic mass is 10.4. The van der Waals surface area contributed by atoms with Gasteiger partial charge in [-0.1, -0.05) is 19.4 Å². The molecule has 0 radical (unpaired) electrons. The van der Waals surface area contributed by atoms with Crippen LogP contribution in [0.1, 0.15) is 33.1 Å². The fraction of sp³-hybridized carbons (Fsp3) is 0.667. The van der Waals surface area contributed by atoms with Gasteiger partial charge in [-0.3, -0.25) is 0 Å². The molecule has 0 N–H and O–H groups in total. The van der Waals surface area contributed by atoms with Crippen LogP contribution in [0.5, 0.6) is 0 Å². The third kappa shape index (κ3) is 6.04. The first-order valence-corrected chi connectivity index (χ1v) is 9.73. The van der Waals surface area contributed by atoms with E-state index in [0.29, 0.717) is 39.1 Å². The zero-order valence-electron chi connectivity index (χ0n) is 14.3. The van der Waals surface area contributed by atoms with Crippen molar-refractivity contribution < 1.29 is 17.9 Å². The Balaban J connectivity index is 2.79. The molecule has 0 atom stereocenters. The number of carbonyl (C=O) groups is 1. The Hall–Kier alpha value is -1.74. The van der Waals surface area contributed by atoms with Crippen molar-refractivity contribution in [2.24, 2.45) is 0 Å². The van der Waals surface area contributed by atoms with Gasteiger partial charge in [-0.25, -0.2) is 18.2 Å². The van der Waals surface area contributed by atoms with Gasteiger partial charge in [0.25, 0.3) is 5.16 Å². The maximum Gasteiger partial charge on any atom is 0.346 e. The Morgan fingerprint density at radius 2 is 2.17 bits per heavy atom. The second-order valence-corrected chi connectivity index (χ2v) is 7.21. The average molecular weight is 358 g/mol. The minimum Gasteiger partial charge on any atom is -0.382 e. The second-order valence-electron chi connectivity index (χ2n) is 5.21. The Kier molecular flexibility index (Phi) is 8.62. The summed E-state index contributed by atoms with van der Waals surface area (Å²) >= 11 is 0. The van der Waals surface area contributed by atoms with Crippen molar-refractivity contribution in [1.82, 2.24) is 19.7 Å². The summed E-state index contributed by atoms with van der Waals surface area (Å²) in [6.07, 6.45) is 4.70. The molecule has 1 aromatic rings. The van der Waals surface area contributed by atoms with Crippen molar-refractivity contribution >= 4 is 15.9 Å². The lowest BCUT2D eigenvalue weighted by molar-refractivity contribution is 0.135. The van der Waals surface area contributed by atoms with E-state index >= 15 is 0 Å². The number of unbranched alkanes of at least 4 members (excludes halogenated alkanes) is 1. The topological polar surface area (TPSA) is 94.4 Å². The highest BCUT2D eigenvalue weighted by molar-refractivity contribution is 7.91. The summed E-state index contributed by atoms with van der Waals surface area (Å²) in [6.45, 7) is 9.41. The van der Waals surface area contributed by atoms with Crippen LogP contribution in [-0.2, 0) is 14.6 Å². The molecule has 0 aliphatic rings. The van der Waals surface area contributed by atoms with E-state index in [1.165, 1.54) is 4.90 Å². The number of rotatable bonds is 11. The summed E-state index contributed by atoms with van der Waals surface area (Å²) < 4.78 is 30.4. The molecule has 8 nitrogen and oxygen atoms in total. The zero-order chi connectivity index (χ0) is 18.0. The van der Waals surface area contributed by atoms with E-state index in [1.54, 1.807) is 6.08 Å². The Morgan fingerprint density at radius 1 is 1.42 bits per heavy atom. The number of nitrogens with zero attached hydrogens (tertiary/aromatic N) is 4. The summed E-state index contributed by atoms with van der Waals surface area (Å²) in [6, 6.07) is -0.434. The van der Waals surface area contributed by atoms with Crippen LogP contribution < -0.4 is 0 Å². The first kappa shape index (κ1) is 20.3. The fourth-order valence-corrected chi connectivity index (χ4v) is 3.25. The lowest BCUT2D eigenvalue weighted by Gasteiger charge is -2.20. The predicted molar refractivity (Wildman–Crippen MR) is 90.7 cm³/mol. The summed E-state index contributed by atoms with van der Waals surface area (Å²) in [5, 5.41) is 3.53. The van der Waals surface area contributed by atoms with E-state index in [2.05, 4.69) is 16.7 Å². The van der Waals surface area contributed by atoms with E-state index in [9.17, 15) is 13.2 Å². The second kappa shape index (κ2) is 10.2. The van der Waals surface area contributed by atoms with Gasteiger partial charge in [-0.05, 0) is 19.8 Å². The van der Waals surface area contributed by atoms with Crippen LogP contribution in [-0.4, -0.2) is 66.2 Å². The van der Waals surface area contributed by atoms with E-state index in [4.69, 9.17) is 4.74 Å². The summed E-state index contributed by atoms with van der Waals surface area (Å²) in [5.74, 6) is -0.0214. The van der Waals surface area contributed by atoms with Gasteiger partial charge in [0.2, 0.25) is 9.84 Å². The molecule has 9 heteroatoms. The van der Waals surface area contributed by atoms with Crippen LogP contribution in [0, 0.1) is 0 Å². The van der Waals surface area contributed by atoms with Crippen molar-refractivity contribution in [1.29, 1.82) is 0 Å². The largest absolute Gasteiger partial charge is 0.382 e. The molecule has 1 rings (SSSR count). The molecule has 24 heavy (non-hydrogen) atoms. The normalized spacial score (nSPS) is 11.4. The molecular formula is C15H26N4O4S. The van der Waals surface area contributed by atoms with Crippen LogP contribution >= 0.6 is 0 Å². The summed E-state index contributed by atoms with van der Waals surface area (Å²) in [7, 11) is -3.55. The van der Waals surface area contributed by atoms with Gasteiger partial charge in [0.1, 0.15) is 6.33 Å². The number of hydrogen-bond acceptors (Lipinski definition) is 6. The highest BCUT2D eigenvalue weighted by Gasteiger charge is 2.22. The van der Waals surface area contributed by atoms with Crippen molar-refractivity contribution in [2.75, 3.05) is 32.1 Å². The third-order valence-electron chi connectivity index (χ3n) is 3.25. The van der Waals surface area contributed by atoms with Crippen LogP contribution in [0.4, 0.5) is 4.79 Å². The van der Waals surface area contributed by atoms with Crippen molar-refractivity contribution in [3.8, 4) is 0 Å². The number of amides is 1. The van der Waals surface area contributed by atoms with Crippen molar-refractivity contribution in [3.05, 3.63) is 19.0 Å². The van der Waals surface area contributed by atoms with Gasteiger partial charge in [-0.15, -0.1) is 11.7 Å². The first-order valence-electron chi connectivity index (χ1n) is 8.08. The number of sulfone groups is 1. The molecule has 1 heterocycles. The molecule has 0 aliphatic heterocycles. The fourth-order valence-electron chi connectivity index (χ4n) is 1.98. The van der Waals surface area contributed by atoms with Crippen molar-refractivity contribution in [2.45, 2.75) is 38.3 Å². The quantitative estimate of drug-likeness (QED) is 0.442. The van der Waals surface area contributed by atoms with Crippen LogP contribution in [0.3, 0.4) is 0 Å². The summed E-state index contributed by atoms with van der Waals surface area (Å²) in [4.78, 5) is 17.8. The monoisotopic (exact) mass is 358 g/mol. The van der Waals surface area contributed by atoms with E-state index < -0.39 is 15.9 Å². The third-order valence-corrected chi connectivity index (χ3v) is 4.82. The molecule has 0 aliphatic carbocycles. The average Bonchev–Trinajstić information content (AvgIpc) is 3.06. The van der Waals surface area contributed by atoms with Gasteiger partial charge >= 0.3 is 6.03 Å². The molecule has 1 amide bonds. The minimum absolute atomic E-state index is 0.0214. The van der Waals surface area contributed by atoms with Crippen LogP contribution in [0.25, 0.3) is 0 Å². The number of aromatic nitrogens is 3. The maximum atomic E-state index is 12.5. The van der Waals surface area contributed by atoms with Crippen molar-refractivity contribution in [3.63, 3.8) is 0 Å². The van der Waals surface area contributed by atoms with Gasteiger partial charge in [0.15, 0.2) is 0 Å². The highest BCUT2D eigenvalue weighted by Crippen LogP contribution is 2.08. The molecular weight excluding hydrogens is 332 g/mol. The number of hydrogen-bond donors (Lipinski definition) is 0. The van der Waals surface area contributed by atoms with Gasteiger partial charge in [0, 0.05) is 26.3 Å². The van der Waals surface area contributed by atoms with Crippen LogP contribution in [0.2, 0.25) is 0 Å². The Labute approximate surface area is 143 Å². The van der Waals surface area contributed by atoms with E-state index in [-0.39, 0.29) is 10.9 Å². The highest BCUT2D eigenvalue weighted by atomic mass is 32.2. The molecule has 0 unspecified atom stereocenters. The minimum atomic E-state index is -3.55. The number of carbonyl (C=O) groups excluding carboxylic acids is 1. The molecule has 1 aromatic heterocycles. The summed E-state index contributed by atoms with van der Waals surface area (Å²) in [5.41, 5.74) is 0. The van der Waals surface area contributed by atoms with Gasteiger partial charge in [0.05, 0.1) is 5.75 Å². The zero-order valence-corrected chi connectivity index (χ0v) is 15.2. The predicted octanol–water partition coefficient (Wildman–Crippen LogP) is 1.73. The van der Waals surface area contributed by atoms with Gasteiger partial charge < -0.3 is 9.64 Å². The lowest BCUT2D eigenvalue weighted by Crippen LogP contribution is -2.36.